The smallest absolute Gasteiger partial charge is 0.237 e. The summed E-state index contributed by atoms with van der Waals surface area (Å²) in [5, 5.41) is 3.61. The van der Waals surface area contributed by atoms with Gasteiger partial charge in [0.2, 0.25) is 5.91 Å². The van der Waals surface area contributed by atoms with Crippen molar-refractivity contribution in [2.45, 2.75) is 19.5 Å². The van der Waals surface area contributed by atoms with Crippen LogP contribution >= 0.6 is 11.6 Å². The predicted molar refractivity (Wildman–Crippen MR) is 75.2 cm³/mol. The molecule has 0 bridgehead atoms. The molecular weight excluding hydrogens is 264 g/mol. The monoisotopic (exact) mass is 282 g/mol. The molecule has 19 heavy (non-hydrogen) atoms. The van der Waals surface area contributed by atoms with Crippen LogP contribution in [0.3, 0.4) is 0 Å². The Labute approximate surface area is 118 Å². The van der Waals surface area contributed by atoms with Crippen molar-refractivity contribution in [3.05, 3.63) is 34.9 Å². The summed E-state index contributed by atoms with van der Waals surface area (Å²) in [5.74, 6) is 0.0295. The van der Waals surface area contributed by atoms with Gasteiger partial charge in [-0.05, 0) is 18.6 Å². The predicted octanol–water partition coefficient (Wildman–Crippen LogP) is 1.68. The van der Waals surface area contributed by atoms with Crippen LogP contribution in [0.15, 0.2) is 24.3 Å². The van der Waals surface area contributed by atoms with E-state index in [4.69, 9.17) is 16.3 Å². The van der Waals surface area contributed by atoms with E-state index in [1.165, 1.54) is 0 Å². The maximum Gasteiger partial charge on any atom is 0.237 e. The number of ether oxygens (including phenoxy) is 1. The van der Waals surface area contributed by atoms with Crippen molar-refractivity contribution in [3.8, 4) is 0 Å². The molecule has 4 nitrogen and oxygen atoms in total. The second-order valence-electron chi connectivity index (χ2n) is 4.63. The Balaban J connectivity index is 1.85. The molecule has 0 radical (unpaired) electrons. The summed E-state index contributed by atoms with van der Waals surface area (Å²) in [6.07, 6.45) is 0. The van der Waals surface area contributed by atoms with Crippen LogP contribution < -0.4 is 5.32 Å². The molecule has 1 fully saturated rings. The molecule has 0 aliphatic carbocycles. The summed E-state index contributed by atoms with van der Waals surface area (Å²) in [6, 6.07) is 7.41. The highest BCUT2D eigenvalue weighted by Gasteiger charge is 2.22. The van der Waals surface area contributed by atoms with Crippen molar-refractivity contribution in [2.24, 2.45) is 0 Å². The summed E-state index contributed by atoms with van der Waals surface area (Å²) in [6.45, 7) is 5.39. The molecule has 1 heterocycles. The van der Waals surface area contributed by atoms with Crippen molar-refractivity contribution in [1.29, 1.82) is 0 Å². The van der Waals surface area contributed by atoms with Crippen molar-refractivity contribution in [3.63, 3.8) is 0 Å². The van der Waals surface area contributed by atoms with Gasteiger partial charge in [-0.3, -0.25) is 9.69 Å². The van der Waals surface area contributed by atoms with E-state index < -0.39 is 0 Å². The number of hydrogen-bond donors (Lipinski definition) is 1. The first kappa shape index (κ1) is 14.3. The molecule has 1 aliphatic heterocycles. The van der Waals surface area contributed by atoms with Gasteiger partial charge in [-0.15, -0.1) is 0 Å². The SMILES string of the molecule is CC(C(=O)NCc1ccccc1Cl)N1CCOCC1. The normalized spacial score (nSPS) is 18.0. The Morgan fingerprint density at radius 1 is 1.42 bits per heavy atom. The molecular formula is C14H19ClN2O2. The number of amides is 1. The number of hydrogen-bond acceptors (Lipinski definition) is 3. The molecule has 5 heteroatoms. The third-order valence-electron chi connectivity index (χ3n) is 3.38. The molecule has 1 aromatic rings. The Morgan fingerprint density at radius 2 is 2.11 bits per heavy atom. The standard InChI is InChI=1S/C14H19ClN2O2/c1-11(17-6-8-19-9-7-17)14(18)16-10-12-4-2-3-5-13(12)15/h2-5,11H,6-10H2,1H3,(H,16,18). The van der Waals surface area contributed by atoms with Gasteiger partial charge in [-0.25, -0.2) is 0 Å². The minimum absolute atomic E-state index is 0.0295. The fourth-order valence-electron chi connectivity index (χ4n) is 2.10. The largest absolute Gasteiger partial charge is 0.379 e. The van der Waals surface area contributed by atoms with E-state index >= 15 is 0 Å². The third kappa shape index (κ3) is 3.93. The highest BCUT2D eigenvalue weighted by molar-refractivity contribution is 6.31. The van der Waals surface area contributed by atoms with Crippen LogP contribution in [-0.2, 0) is 16.1 Å². The lowest BCUT2D eigenvalue weighted by molar-refractivity contribution is -0.127. The topological polar surface area (TPSA) is 41.6 Å². The highest BCUT2D eigenvalue weighted by atomic mass is 35.5. The zero-order valence-corrected chi connectivity index (χ0v) is 11.8. The number of morpholine rings is 1. The number of nitrogens with one attached hydrogen (secondary N) is 1. The van der Waals surface area contributed by atoms with Gasteiger partial charge >= 0.3 is 0 Å². The van der Waals surface area contributed by atoms with E-state index in [0.29, 0.717) is 24.8 Å². The highest BCUT2D eigenvalue weighted by Crippen LogP contribution is 2.14. The zero-order valence-electron chi connectivity index (χ0n) is 11.1. The van der Waals surface area contributed by atoms with E-state index in [1.807, 2.05) is 31.2 Å². The van der Waals surface area contributed by atoms with Crippen molar-refractivity contribution in [2.75, 3.05) is 26.3 Å². The average Bonchev–Trinajstić information content (AvgIpc) is 2.46. The zero-order chi connectivity index (χ0) is 13.7. The molecule has 1 aliphatic rings. The molecule has 0 aromatic heterocycles. The van der Waals surface area contributed by atoms with Crippen LogP contribution in [0.4, 0.5) is 0 Å². The minimum Gasteiger partial charge on any atom is -0.379 e. The molecule has 1 unspecified atom stereocenters. The molecule has 1 N–H and O–H groups in total. The Hall–Kier alpha value is -1.10. The maximum atomic E-state index is 12.1. The van der Waals surface area contributed by atoms with Crippen molar-refractivity contribution >= 4 is 17.5 Å². The average molecular weight is 283 g/mol. The lowest BCUT2D eigenvalue weighted by Gasteiger charge is -2.31. The first-order chi connectivity index (χ1) is 9.18. The van der Waals surface area contributed by atoms with Gasteiger partial charge in [0.15, 0.2) is 0 Å². The number of rotatable bonds is 4. The summed E-state index contributed by atoms with van der Waals surface area (Å²) in [5.41, 5.74) is 0.937. The fraction of sp³-hybridized carbons (Fsp3) is 0.500. The van der Waals surface area contributed by atoms with E-state index in [1.54, 1.807) is 0 Å². The minimum atomic E-state index is -0.133. The molecule has 1 atom stereocenters. The van der Waals surface area contributed by atoms with Crippen molar-refractivity contribution in [1.82, 2.24) is 10.2 Å². The van der Waals surface area contributed by atoms with Crippen LogP contribution in [-0.4, -0.2) is 43.2 Å². The van der Waals surface area contributed by atoms with Gasteiger partial charge in [0.25, 0.3) is 0 Å². The molecule has 0 spiro atoms. The summed E-state index contributed by atoms with van der Waals surface area (Å²) < 4.78 is 5.28. The Morgan fingerprint density at radius 3 is 2.79 bits per heavy atom. The van der Waals surface area contributed by atoms with Crippen LogP contribution in [0, 0.1) is 0 Å². The van der Waals surface area contributed by atoms with Crippen LogP contribution in [0.25, 0.3) is 0 Å². The van der Waals surface area contributed by atoms with E-state index in [9.17, 15) is 4.79 Å². The van der Waals surface area contributed by atoms with E-state index in [2.05, 4.69) is 10.2 Å². The third-order valence-corrected chi connectivity index (χ3v) is 3.75. The second-order valence-corrected chi connectivity index (χ2v) is 5.04. The lowest BCUT2D eigenvalue weighted by atomic mass is 10.2. The first-order valence-electron chi connectivity index (χ1n) is 6.51. The number of benzene rings is 1. The van der Waals surface area contributed by atoms with Gasteiger partial charge in [0.1, 0.15) is 0 Å². The summed E-state index contributed by atoms with van der Waals surface area (Å²) in [7, 11) is 0. The van der Waals surface area contributed by atoms with Gasteiger partial charge in [-0.2, -0.15) is 0 Å². The number of nitrogens with zero attached hydrogens (tertiary/aromatic N) is 1. The second kappa shape index (κ2) is 6.89. The van der Waals surface area contributed by atoms with Gasteiger partial charge in [-0.1, -0.05) is 29.8 Å². The van der Waals surface area contributed by atoms with E-state index in [-0.39, 0.29) is 11.9 Å². The molecule has 0 saturated carbocycles. The fourth-order valence-corrected chi connectivity index (χ4v) is 2.30. The van der Waals surface area contributed by atoms with Gasteiger partial charge in [0, 0.05) is 24.7 Å². The van der Waals surface area contributed by atoms with Gasteiger partial charge < -0.3 is 10.1 Å². The summed E-state index contributed by atoms with van der Waals surface area (Å²) >= 11 is 6.06. The van der Waals surface area contributed by atoms with Crippen LogP contribution in [0.2, 0.25) is 5.02 Å². The van der Waals surface area contributed by atoms with Crippen LogP contribution in [0.1, 0.15) is 12.5 Å². The molecule has 104 valence electrons. The number of carbonyl (C=O) groups is 1. The van der Waals surface area contributed by atoms with Crippen LogP contribution in [0.5, 0.6) is 0 Å². The molecule has 1 amide bonds. The summed E-state index contributed by atoms with van der Waals surface area (Å²) in [4.78, 5) is 14.2. The Kier molecular flexibility index (Phi) is 5.19. The Bertz CT molecular complexity index is 433. The number of halogens is 1. The van der Waals surface area contributed by atoms with Gasteiger partial charge in [0.05, 0.1) is 19.3 Å². The lowest BCUT2D eigenvalue weighted by Crippen LogP contribution is -2.49. The molecule has 1 saturated heterocycles. The first-order valence-corrected chi connectivity index (χ1v) is 6.89. The maximum absolute atomic E-state index is 12.1. The molecule has 1 aromatic carbocycles. The van der Waals surface area contributed by atoms with E-state index in [0.717, 1.165) is 18.7 Å². The van der Waals surface area contributed by atoms with Crippen molar-refractivity contribution < 1.29 is 9.53 Å². The quantitative estimate of drug-likeness (QED) is 0.914. The molecule has 2 rings (SSSR count). The number of carbonyl (C=O) groups excluding carboxylic acids is 1.